The second-order valence-corrected chi connectivity index (χ2v) is 1.77. The predicted octanol–water partition coefficient (Wildman–Crippen LogP) is 2.89. The molecule has 1 aromatic carbocycles. The van der Waals surface area contributed by atoms with E-state index in [0.29, 0.717) is 5.69 Å². The summed E-state index contributed by atoms with van der Waals surface area (Å²) in [5, 5.41) is 6.88. The monoisotopic (exact) mass is 211 g/mol. The molecule has 3 nitrogen and oxygen atoms in total. The molecule has 88 valence electrons. The van der Waals surface area contributed by atoms with Crippen molar-refractivity contribution in [3.05, 3.63) is 29.8 Å². The Labute approximate surface area is 94.0 Å². The molecule has 0 fully saturated rings. The Morgan fingerprint density at radius 3 is 1.67 bits per heavy atom. The van der Waals surface area contributed by atoms with Crippen LogP contribution in [0.5, 0.6) is 0 Å². The molecule has 0 aliphatic heterocycles. The molecule has 0 bridgehead atoms. The van der Waals surface area contributed by atoms with E-state index < -0.39 is 0 Å². The van der Waals surface area contributed by atoms with Crippen LogP contribution in [0.25, 0.3) is 0 Å². The first-order valence-electron chi connectivity index (χ1n) is 5.27. The summed E-state index contributed by atoms with van der Waals surface area (Å²) in [7, 11) is 1.50. The minimum Gasteiger partial charge on any atom is -0.398 e. The van der Waals surface area contributed by atoms with Crippen molar-refractivity contribution < 1.29 is 0 Å². The first kappa shape index (κ1) is 19.3. The van der Waals surface area contributed by atoms with E-state index in [2.05, 4.69) is 5.73 Å². The van der Waals surface area contributed by atoms with Gasteiger partial charge >= 0.3 is 0 Å². The van der Waals surface area contributed by atoms with Crippen LogP contribution >= 0.6 is 0 Å². The highest BCUT2D eigenvalue weighted by molar-refractivity contribution is 5.84. The predicted molar refractivity (Wildman–Crippen MR) is 71.5 cm³/mol. The maximum absolute atomic E-state index is 6.88. The molecule has 0 radical (unpaired) electrons. The zero-order chi connectivity index (χ0) is 12.7. The molecular weight excluding hydrogens is 186 g/mol. The van der Waals surface area contributed by atoms with Crippen molar-refractivity contribution in [2.24, 2.45) is 5.73 Å². The summed E-state index contributed by atoms with van der Waals surface area (Å²) in [5.74, 6) is 0. The molecule has 0 amide bonds. The number of benzene rings is 1. The summed E-state index contributed by atoms with van der Waals surface area (Å²) >= 11 is 0. The summed E-state index contributed by atoms with van der Waals surface area (Å²) < 4.78 is 0. The van der Waals surface area contributed by atoms with Crippen molar-refractivity contribution in [2.75, 3.05) is 12.8 Å². The number of hydrogen-bond acceptors (Lipinski definition) is 3. The molecule has 0 saturated heterocycles. The average Bonchev–Trinajstić information content (AvgIpc) is 2.37. The van der Waals surface area contributed by atoms with Gasteiger partial charge < -0.3 is 16.9 Å². The van der Waals surface area contributed by atoms with Gasteiger partial charge in [0.25, 0.3) is 0 Å². The molecule has 0 aromatic heterocycles. The Morgan fingerprint density at radius 2 is 1.40 bits per heavy atom. The summed E-state index contributed by atoms with van der Waals surface area (Å²) in [6.45, 7) is 8.00. The third-order valence-corrected chi connectivity index (χ3v) is 1.15. The first-order valence-corrected chi connectivity index (χ1v) is 5.27. The Bertz CT molecular complexity index is 222. The van der Waals surface area contributed by atoms with Gasteiger partial charge in [-0.3, -0.25) is 0 Å². The van der Waals surface area contributed by atoms with Gasteiger partial charge in [0.05, 0.1) is 0 Å². The second-order valence-electron chi connectivity index (χ2n) is 1.77. The Morgan fingerprint density at radius 1 is 1.00 bits per heavy atom. The highest BCUT2D eigenvalue weighted by atomic mass is 14.6. The minimum atomic E-state index is 0.660. The fourth-order valence-corrected chi connectivity index (χ4v) is 0.642. The molecule has 15 heavy (non-hydrogen) atoms. The van der Waals surface area contributed by atoms with Crippen LogP contribution in [0.1, 0.15) is 33.3 Å². The molecule has 0 atom stereocenters. The molecule has 3 heteroatoms. The van der Waals surface area contributed by atoms with Crippen molar-refractivity contribution in [3.63, 3.8) is 0 Å². The van der Waals surface area contributed by atoms with E-state index in [-0.39, 0.29) is 0 Å². The van der Waals surface area contributed by atoms with Crippen LogP contribution in [0.2, 0.25) is 0 Å². The van der Waals surface area contributed by atoms with Crippen LogP contribution in [0.3, 0.4) is 0 Å². The molecule has 1 rings (SSSR count). The number of hydrogen-bond donors (Lipinski definition) is 3. The summed E-state index contributed by atoms with van der Waals surface area (Å²) in [6.07, 6.45) is 1.25. The summed E-state index contributed by atoms with van der Waals surface area (Å²) in [6, 6.07) is 7.29. The Balaban J connectivity index is -0.000000208. The smallest absolute Gasteiger partial charge is 0.0402 e. The van der Waals surface area contributed by atoms with Crippen LogP contribution < -0.4 is 11.5 Å². The number of anilines is 1. The van der Waals surface area contributed by atoms with Gasteiger partial charge in [0, 0.05) is 17.5 Å². The zero-order valence-corrected chi connectivity index (χ0v) is 10.5. The molecule has 0 unspecified atom stereocenters. The van der Waals surface area contributed by atoms with Crippen molar-refractivity contribution in [3.8, 4) is 0 Å². The van der Waals surface area contributed by atoms with E-state index in [1.54, 1.807) is 6.07 Å². The maximum atomic E-state index is 6.88. The van der Waals surface area contributed by atoms with Gasteiger partial charge in [0.1, 0.15) is 0 Å². The molecule has 0 heterocycles. The number of rotatable bonds is 1. The lowest BCUT2D eigenvalue weighted by molar-refractivity contribution is 1.48. The number of para-hydroxylation sites is 1. The topological polar surface area (TPSA) is 75.9 Å². The Kier molecular flexibility index (Phi) is 23.7. The number of nitrogens with one attached hydrogen (secondary N) is 1. The summed E-state index contributed by atoms with van der Waals surface area (Å²) in [5.41, 5.74) is 11.4. The van der Waals surface area contributed by atoms with Crippen LogP contribution in [-0.4, -0.2) is 13.3 Å². The number of nitrogen functional groups attached to an aromatic ring is 1. The lowest BCUT2D eigenvalue weighted by Crippen LogP contribution is -1.90. The molecular formula is C12H25N3. The Hall–Kier alpha value is -1.35. The molecule has 0 aliphatic carbocycles. The van der Waals surface area contributed by atoms with E-state index in [4.69, 9.17) is 11.1 Å². The molecule has 0 spiro atoms. The first-order chi connectivity index (χ1) is 7.34. The SMILES string of the molecule is CC.CC.CN.N=Cc1ccccc1N. The highest BCUT2D eigenvalue weighted by Gasteiger charge is 1.88. The van der Waals surface area contributed by atoms with E-state index in [0.717, 1.165) is 5.56 Å². The van der Waals surface area contributed by atoms with Gasteiger partial charge in [-0.1, -0.05) is 45.9 Å². The quantitative estimate of drug-likeness (QED) is 0.493. The van der Waals surface area contributed by atoms with Gasteiger partial charge in [-0.15, -0.1) is 0 Å². The van der Waals surface area contributed by atoms with Crippen molar-refractivity contribution in [1.82, 2.24) is 0 Å². The van der Waals surface area contributed by atoms with E-state index in [1.165, 1.54) is 13.3 Å². The van der Waals surface area contributed by atoms with Gasteiger partial charge in [-0.05, 0) is 13.1 Å². The fraction of sp³-hybridized carbons (Fsp3) is 0.417. The van der Waals surface area contributed by atoms with Crippen LogP contribution in [0.15, 0.2) is 24.3 Å². The zero-order valence-electron chi connectivity index (χ0n) is 10.5. The third kappa shape index (κ3) is 10.6. The van der Waals surface area contributed by atoms with Crippen molar-refractivity contribution in [2.45, 2.75) is 27.7 Å². The van der Waals surface area contributed by atoms with Gasteiger partial charge in [-0.2, -0.15) is 0 Å². The van der Waals surface area contributed by atoms with Gasteiger partial charge in [-0.25, -0.2) is 0 Å². The minimum absolute atomic E-state index is 0.660. The molecule has 5 N–H and O–H groups in total. The summed E-state index contributed by atoms with van der Waals surface area (Å²) in [4.78, 5) is 0. The fourth-order valence-electron chi connectivity index (χ4n) is 0.642. The normalized spacial score (nSPS) is 6.53. The van der Waals surface area contributed by atoms with E-state index >= 15 is 0 Å². The second kappa shape index (κ2) is 18.4. The van der Waals surface area contributed by atoms with Gasteiger partial charge in [0.15, 0.2) is 0 Å². The van der Waals surface area contributed by atoms with Crippen LogP contribution in [0.4, 0.5) is 5.69 Å². The lowest BCUT2D eigenvalue weighted by atomic mass is 10.2. The molecule has 0 aliphatic rings. The standard InChI is InChI=1S/C7H8N2.2C2H6.CH5N/c8-5-6-3-1-2-4-7(6)9;3*1-2/h1-5,8H,9H2;2*1-2H3;2H2,1H3. The largest absolute Gasteiger partial charge is 0.398 e. The molecule has 1 aromatic rings. The highest BCUT2D eigenvalue weighted by Crippen LogP contribution is 2.05. The molecule has 0 saturated carbocycles. The van der Waals surface area contributed by atoms with E-state index in [9.17, 15) is 0 Å². The van der Waals surface area contributed by atoms with Crippen LogP contribution in [0, 0.1) is 5.41 Å². The average molecular weight is 211 g/mol. The van der Waals surface area contributed by atoms with Crippen molar-refractivity contribution in [1.29, 1.82) is 5.41 Å². The van der Waals surface area contributed by atoms with Crippen molar-refractivity contribution >= 4 is 11.9 Å². The van der Waals surface area contributed by atoms with E-state index in [1.807, 2.05) is 45.9 Å². The number of nitrogens with two attached hydrogens (primary N) is 2. The van der Waals surface area contributed by atoms with Crippen LogP contribution in [-0.2, 0) is 0 Å². The van der Waals surface area contributed by atoms with Gasteiger partial charge in [0.2, 0.25) is 0 Å². The maximum Gasteiger partial charge on any atom is 0.0402 e. The lowest BCUT2D eigenvalue weighted by Gasteiger charge is -1.94. The third-order valence-electron chi connectivity index (χ3n) is 1.15.